The van der Waals surface area contributed by atoms with Gasteiger partial charge in [-0.15, -0.1) is 0 Å². The van der Waals surface area contributed by atoms with Crippen molar-refractivity contribution in [3.05, 3.63) is 0 Å². The molecule has 19 heteroatoms. The quantitative estimate of drug-likeness (QED) is 0.0222. The summed E-state index contributed by atoms with van der Waals surface area (Å²) in [6, 6.07) is 0. The lowest BCUT2D eigenvalue weighted by atomic mass is 10.00. The third-order valence-electron chi connectivity index (χ3n) is 17.4. The van der Waals surface area contributed by atoms with Gasteiger partial charge in [0.05, 0.1) is 26.4 Å². The molecule has 17 nitrogen and oxygen atoms in total. The van der Waals surface area contributed by atoms with Gasteiger partial charge in [-0.25, -0.2) is 9.13 Å². The zero-order chi connectivity index (χ0) is 68.9. The van der Waals surface area contributed by atoms with E-state index in [1.54, 1.807) is 0 Å². The molecule has 0 aliphatic carbocycles. The standard InChI is InChI=1S/C74H144O17P2/c1-9-67(8)53-45-37-31-33-39-47-55-72(77)85-61-70(91-74(79)57-49-41-29-25-21-17-13-11-15-19-23-27-35-43-51-65(4)5)63-89-93(82,83)87-59-68(75)58-86-92(80,81)88-62-69(60-84-71(76)54-46-38-32-30-36-44-52-66(6)7)90-73(78)56-48-40-28-24-20-16-12-10-14-18-22-26-34-42-50-64(2)3/h64-70,75H,9-63H2,1-8H3,(H,80,81)(H,82,83)/t67?,68-,69-,70-/m1/s1. The minimum absolute atomic E-state index is 0.106. The molecule has 0 saturated carbocycles. The molecule has 6 atom stereocenters. The molecule has 0 bridgehead atoms. The summed E-state index contributed by atoms with van der Waals surface area (Å²) in [6.07, 6.45) is 47.4. The molecule has 0 aliphatic rings. The number of hydrogen-bond donors (Lipinski definition) is 3. The largest absolute Gasteiger partial charge is 0.472 e. The highest BCUT2D eigenvalue weighted by molar-refractivity contribution is 7.47. The number of phosphoric acid groups is 2. The van der Waals surface area contributed by atoms with Gasteiger partial charge in [-0.2, -0.15) is 0 Å². The van der Waals surface area contributed by atoms with E-state index in [1.165, 1.54) is 161 Å². The number of aliphatic hydroxyl groups is 1. The molecule has 0 fully saturated rings. The first-order chi connectivity index (χ1) is 44.6. The van der Waals surface area contributed by atoms with E-state index in [0.717, 1.165) is 120 Å². The van der Waals surface area contributed by atoms with Crippen LogP contribution in [-0.4, -0.2) is 96.7 Å². The van der Waals surface area contributed by atoms with Crippen LogP contribution in [0.5, 0.6) is 0 Å². The van der Waals surface area contributed by atoms with Crippen LogP contribution in [0.2, 0.25) is 0 Å². The van der Waals surface area contributed by atoms with Gasteiger partial charge >= 0.3 is 39.5 Å². The van der Waals surface area contributed by atoms with E-state index in [-0.39, 0.29) is 25.7 Å². The minimum atomic E-state index is -4.95. The van der Waals surface area contributed by atoms with Gasteiger partial charge in [-0.3, -0.25) is 37.3 Å². The highest BCUT2D eigenvalue weighted by atomic mass is 31.2. The SMILES string of the molecule is CCC(C)CCCCCCCCC(=O)OC[C@H](COP(=O)(O)OC[C@H](O)COP(=O)(O)OC[C@@H](COC(=O)CCCCCCCCC(C)C)OC(=O)CCCCCCCCCCCCCCCCC(C)C)OC(=O)CCCCCCCCCCCCCCCCC(C)C. The molecule has 0 saturated heterocycles. The fourth-order valence-corrected chi connectivity index (χ4v) is 12.7. The van der Waals surface area contributed by atoms with E-state index in [2.05, 4.69) is 55.4 Å². The molecule has 0 amide bonds. The number of rotatable bonds is 71. The maximum absolute atomic E-state index is 13.0. The normalized spacial score (nSPS) is 14.5. The highest BCUT2D eigenvalue weighted by Gasteiger charge is 2.30. The predicted molar refractivity (Wildman–Crippen MR) is 377 cm³/mol. The van der Waals surface area contributed by atoms with E-state index >= 15 is 0 Å². The smallest absolute Gasteiger partial charge is 0.462 e. The molecule has 0 rings (SSSR count). The van der Waals surface area contributed by atoms with Crippen LogP contribution in [0.15, 0.2) is 0 Å². The maximum Gasteiger partial charge on any atom is 0.472 e. The molecule has 0 heterocycles. The summed E-state index contributed by atoms with van der Waals surface area (Å²) >= 11 is 0. The third-order valence-corrected chi connectivity index (χ3v) is 19.3. The molecule has 552 valence electrons. The predicted octanol–water partition coefficient (Wildman–Crippen LogP) is 21.3. The van der Waals surface area contributed by atoms with Gasteiger partial charge in [-0.05, 0) is 49.4 Å². The zero-order valence-corrected chi connectivity index (χ0v) is 62.7. The molecule has 0 aromatic rings. The molecule has 0 aromatic heterocycles. The Kier molecular flexibility index (Phi) is 62.2. The van der Waals surface area contributed by atoms with Crippen molar-refractivity contribution in [1.82, 2.24) is 0 Å². The first kappa shape index (κ1) is 91.1. The average molecular weight is 1370 g/mol. The second-order valence-corrected chi connectivity index (χ2v) is 31.3. The van der Waals surface area contributed by atoms with Gasteiger partial charge in [0, 0.05) is 25.7 Å². The molecule has 0 aliphatic heterocycles. The zero-order valence-electron chi connectivity index (χ0n) is 60.9. The minimum Gasteiger partial charge on any atom is -0.462 e. The van der Waals surface area contributed by atoms with E-state index in [0.29, 0.717) is 31.6 Å². The van der Waals surface area contributed by atoms with Crippen molar-refractivity contribution in [3.8, 4) is 0 Å². The number of aliphatic hydroxyl groups excluding tert-OH is 1. The summed E-state index contributed by atoms with van der Waals surface area (Å²) in [4.78, 5) is 72.7. The van der Waals surface area contributed by atoms with Crippen molar-refractivity contribution in [1.29, 1.82) is 0 Å². The second-order valence-electron chi connectivity index (χ2n) is 28.4. The van der Waals surface area contributed by atoms with Crippen molar-refractivity contribution in [2.24, 2.45) is 23.7 Å². The Bertz CT molecular complexity index is 1840. The molecular formula is C74H144O17P2. The Morgan fingerprint density at radius 3 is 0.763 bits per heavy atom. The fraction of sp³-hybridized carbons (Fsp3) is 0.946. The first-order valence-electron chi connectivity index (χ1n) is 38.2. The highest BCUT2D eigenvalue weighted by Crippen LogP contribution is 2.45. The summed E-state index contributed by atoms with van der Waals surface area (Å²) in [7, 11) is -9.91. The van der Waals surface area contributed by atoms with Crippen LogP contribution in [0.1, 0.15) is 370 Å². The van der Waals surface area contributed by atoms with Crippen LogP contribution >= 0.6 is 15.6 Å². The van der Waals surface area contributed by atoms with Gasteiger partial charge < -0.3 is 33.8 Å². The number of phosphoric ester groups is 2. The molecule has 0 aromatic carbocycles. The van der Waals surface area contributed by atoms with Crippen LogP contribution < -0.4 is 0 Å². The van der Waals surface area contributed by atoms with Crippen molar-refractivity contribution in [2.45, 2.75) is 388 Å². The van der Waals surface area contributed by atoms with Gasteiger partial charge in [-0.1, -0.05) is 319 Å². The molecule has 3 N–H and O–H groups in total. The Morgan fingerprint density at radius 2 is 0.516 bits per heavy atom. The third kappa shape index (κ3) is 67.0. The van der Waals surface area contributed by atoms with E-state index in [4.69, 9.17) is 37.0 Å². The number of carbonyl (C=O) groups excluding carboxylic acids is 4. The molecule has 0 spiro atoms. The number of esters is 4. The number of carbonyl (C=O) groups is 4. The average Bonchev–Trinajstić information content (AvgIpc) is 1.71. The topological polar surface area (TPSA) is 237 Å². The molecule has 93 heavy (non-hydrogen) atoms. The van der Waals surface area contributed by atoms with Crippen molar-refractivity contribution in [3.63, 3.8) is 0 Å². The second kappa shape index (κ2) is 63.5. The Labute approximate surface area is 568 Å². The fourth-order valence-electron chi connectivity index (χ4n) is 11.2. The van der Waals surface area contributed by atoms with E-state index < -0.39 is 97.5 Å². The lowest BCUT2D eigenvalue weighted by Crippen LogP contribution is -2.30. The Morgan fingerprint density at radius 1 is 0.301 bits per heavy atom. The van der Waals surface area contributed by atoms with Gasteiger partial charge in [0.25, 0.3) is 0 Å². The number of hydrogen-bond acceptors (Lipinski definition) is 15. The monoisotopic (exact) mass is 1370 g/mol. The first-order valence-corrected chi connectivity index (χ1v) is 41.2. The van der Waals surface area contributed by atoms with Gasteiger partial charge in [0.15, 0.2) is 12.2 Å². The summed E-state index contributed by atoms with van der Waals surface area (Å²) in [6.45, 7) is 14.1. The van der Waals surface area contributed by atoms with E-state index in [1.807, 2.05) is 0 Å². The maximum atomic E-state index is 13.0. The summed E-state index contributed by atoms with van der Waals surface area (Å²) < 4.78 is 68.4. The number of unbranched alkanes of at least 4 members (excludes halogenated alkanes) is 36. The van der Waals surface area contributed by atoms with Crippen LogP contribution in [0, 0.1) is 23.7 Å². The lowest BCUT2D eigenvalue weighted by Gasteiger charge is -2.21. The van der Waals surface area contributed by atoms with Gasteiger partial charge in [0.2, 0.25) is 0 Å². The van der Waals surface area contributed by atoms with Crippen LogP contribution in [0.3, 0.4) is 0 Å². The Hall–Kier alpha value is -1.94. The number of ether oxygens (including phenoxy) is 4. The van der Waals surface area contributed by atoms with Crippen LogP contribution in [-0.2, 0) is 65.4 Å². The van der Waals surface area contributed by atoms with Crippen molar-refractivity contribution in [2.75, 3.05) is 39.6 Å². The molecular weight excluding hydrogens is 1220 g/mol. The summed E-state index contributed by atoms with van der Waals surface area (Å²) in [5.41, 5.74) is 0. The van der Waals surface area contributed by atoms with Crippen LogP contribution in [0.25, 0.3) is 0 Å². The lowest BCUT2D eigenvalue weighted by molar-refractivity contribution is -0.161. The molecule has 3 unspecified atom stereocenters. The van der Waals surface area contributed by atoms with Crippen LogP contribution in [0.4, 0.5) is 0 Å². The van der Waals surface area contributed by atoms with E-state index in [9.17, 15) is 43.2 Å². The summed E-state index contributed by atoms with van der Waals surface area (Å²) in [5.74, 6) is 0.874. The Balaban J connectivity index is 5.21. The summed E-state index contributed by atoms with van der Waals surface area (Å²) in [5, 5.41) is 10.6. The van der Waals surface area contributed by atoms with Gasteiger partial charge in [0.1, 0.15) is 19.3 Å². The van der Waals surface area contributed by atoms with Crippen molar-refractivity contribution >= 4 is 39.5 Å². The van der Waals surface area contributed by atoms with Crippen molar-refractivity contribution < 1.29 is 80.2 Å². The molecule has 0 radical (unpaired) electrons.